The number of nitrogens with one attached hydrogen (secondary N) is 1. The van der Waals surface area contributed by atoms with Gasteiger partial charge in [-0.2, -0.15) is 5.10 Å². The van der Waals surface area contributed by atoms with Crippen LogP contribution in [0, 0.1) is 0 Å². The van der Waals surface area contributed by atoms with E-state index in [1.807, 2.05) is 0 Å². The predicted molar refractivity (Wildman–Crippen MR) is 94.9 cm³/mol. The van der Waals surface area contributed by atoms with Gasteiger partial charge >= 0.3 is 5.97 Å². The molecule has 126 valence electrons. The van der Waals surface area contributed by atoms with Crippen molar-refractivity contribution in [1.29, 1.82) is 0 Å². The Morgan fingerprint density at radius 3 is 2.78 bits per heavy atom. The lowest BCUT2D eigenvalue weighted by atomic mass is 10.2. The highest BCUT2D eigenvalue weighted by Gasteiger charge is 2.19. The monoisotopic (exact) mass is 403 g/mol. The van der Waals surface area contributed by atoms with Gasteiger partial charge in [0.1, 0.15) is 0 Å². The summed E-state index contributed by atoms with van der Waals surface area (Å²) in [6, 6.07) is 3.37. The largest absolute Gasteiger partial charge is 0.493 e. The first kappa shape index (κ1) is 19.2. The maximum absolute atomic E-state index is 11.7. The summed E-state index contributed by atoms with van der Waals surface area (Å²) in [6.45, 7) is 3.63. The molecule has 0 aliphatic heterocycles. The van der Waals surface area contributed by atoms with Crippen LogP contribution in [0.15, 0.2) is 21.7 Å². The molecule has 1 atom stereocenters. The van der Waals surface area contributed by atoms with Gasteiger partial charge in [-0.05, 0) is 54.1 Å². The number of carbonyl (C=O) groups excluding carboxylic acids is 1. The fourth-order valence-electron chi connectivity index (χ4n) is 1.57. The van der Waals surface area contributed by atoms with E-state index in [0.29, 0.717) is 28.1 Å². The quantitative estimate of drug-likeness (QED) is 0.311. The first-order valence-electron chi connectivity index (χ1n) is 6.68. The molecule has 0 saturated carbocycles. The van der Waals surface area contributed by atoms with E-state index in [1.54, 1.807) is 26.0 Å². The number of rotatable bonds is 7. The van der Waals surface area contributed by atoms with Crippen LogP contribution in [0.25, 0.3) is 0 Å². The number of hydrogen-bond donors (Lipinski definition) is 2. The lowest BCUT2D eigenvalue weighted by Gasteiger charge is -2.16. The van der Waals surface area contributed by atoms with Crippen molar-refractivity contribution in [2.45, 2.75) is 20.0 Å². The lowest BCUT2D eigenvalue weighted by molar-refractivity contribution is -0.150. The van der Waals surface area contributed by atoms with Gasteiger partial charge in [0.05, 0.1) is 19.9 Å². The van der Waals surface area contributed by atoms with Crippen LogP contribution in [0.1, 0.15) is 19.4 Å². The zero-order chi connectivity index (χ0) is 17.4. The summed E-state index contributed by atoms with van der Waals surface area (Å²) in [5.74, 6) is 0.400. The maximum Gasteiger partial charge on any atom is 0.347 e. The first-order chi connectivity index (χ1) is 10.9. The van der Waals surface area contributed by atoms with E-state index in [0.717, 1.165) is 0 Å². The number of hydrazone groups is 1. The third kappa shape index (κ3) is 6.03. The topological polar surface area (TPSA) is 95.2 Å². The Morgan fingerprint density at radius 1 is 1.52 bits per heavy atom. The Morgan fingerprint density at radius 2 is 2.22 bits per heavy atom. The zero-order valence-corrected chi connectivity index (χ0v) is 15.4. The first-order valence-corrected chi connectivity index (χ1v) is 7.88. The van der Waals surface area contributed by atoms with E-state index in [1.165, 1.54) is 13.3 Å². The molecule has 0 aliphatic carbocycles. The average molecular weight is 404 g/mol. The van der Waals surface area contributed by atoms with Gasteiger partial charge in [-0.3, -0.25) is 5.43 Å². The van der Waals surface area contributed by atoms with Crippen LogP contribution >= 0.6 is 28.1 Å². The number of esters is 1. The molecule has 1 rings (SSSR count). The number of benzene rings is 1. The van der Waals surface area contributed by atoms with Crippen LogP contribution < -0.4 is 20.6 Å². The number of nitrogens with zero attached hydrogens (tertiary/aromatic N) is 1. The fourth-order valence-corrected chi connectivity index (χ4v) is 2.04. The van der Waals surface area contributed by atoms with Crippen molar-refractivity contribution < 1.29 is 19.0 Å². The smallest absolute Gasteiger partial charge is 0.347 e. The van der Waals surface area contributed by atoms with E-state index in [-0.39, 0.29) is 5.11 Å². The van der Waals surface area contributed by atoms with E-state index in [4.69, 9.17) is 19.9 Å². The van der Waals surface area contributed by atoms with Crippen LogP contribution in [-0.4, -0.2) is 37.1 Å². The van der Waals surface area contributed by atoms with Gasteiger partial charge in [-0.1, -0.05) is 0 Å². The van der Waals surface area contributed by atoms with Gasteiger partial charge in [0.15, 0.2) is 22.7 Å². The van der Waals surface area contributed by atoms with E-state index >= 15 is 0 Å². The van der Waals surface area contributed by atoms with Crippen LogP contribution in [0.5, 0.6) is 11.5 Å². The third-order valence-electron chi connectivity index (χ3n) is 2.58. The molecule has 1 aromatic rings. The van der Waals surface area contributed by atoms with Crippen molar-refractivity contribution in [3.05, 3.63) is 22.2 Å². The number of nitrogens with two attached hydrogens (primary N) is 1. The number of methoxy groups -OCH3 is 1. The van der Waals surface area contributed by atoms with E-state index < -0.39 is 12.1 Å². The van der Waals surface area contributed by atoms with Crippen LogP contribution in [0.2, 0.25) is 0 Å². The zero-order valence-electron chi connectivity index (χ0n) is 13.0. The molecule has 1 unspecified atom stereocenters. The van der Waals surface area contributed by atoms with Crippen LogP contribution in [0.4, 0.5) is 0 Å². The molecule has 0 aliphatic rings. The van der Waals surface area contributed by atoms with Crippen molar-refractivity contribution in [3.8, 4) is 11.5 Å². The lowest BCUT2D eigenvalue weighted by Crippen LogP contribution is -2.26. The molecule has 0 fully saturated rings. The summed E-state index contributed by atoms with van der Waals surface area (Å²) in [6.07, 6.45) is 0.760. The molecule has 0 heterocycles. The standard InChI is InChI=1S/C14H18BrN3O4S/c1-4-21-13(19)8(2)22-12-6-10(15)9(5-11(12)20-3)7-17-18-14(16)23/h5-8H,4H2,1-3H3,(H3,16,18,23). The summed E-state index contributed by atoms with van der Waals surface area (Å²) >= 11 is 8.06. The minimum atomic E-state index is -0.758. The van der Waals surface area contributed by atoms with Crippen LogP contribution in [-0.2, 0) is 9.53 Å². The maximum atomic E-state index is 11.7. The van der Waals surface area contributed by atoms with E-state index in [9.17, 15) is 4.79 Å². The van der Waals surface area contributed by atoms with Gasteiger partial charge < -0.3 is 19.9 Å². The summed E-state index contributed by atoms with van der Waals surface area (Å²) in [4.78, 5) is 11.7. The second kappa shape index (κ2) is 9.31. The molecule has 0 amide bonds. The second-order valence-electron chi connectivity index (χ2n) is 4.27. The highest BCUT2D eigenvalue weighted by molar-refractivity contribution is 9.10. The predicted octanol–water partition coefficient (Wildman–Crippen LogP) is 1.96. The minimum absolute atomic E-state index is 0.0625. The van der Waals surface area contributed by atoms with Crippen molar-refractivity contribution >= 4 is 45.4 Å². The Hall–Kier alpha value is -1.87. The average Bonchev–Trinajstić information content (AvgIpc) is 2.49. The van der Waals surface area contributed by atoms with Crippen LogP contribution in [0.3, 0.4) is 0 Å². The molecule has 23 heavy (non-hydrogen) atoms. The summed E-state index contributed by atoms with van der Waals surface area (Å²) in [5.41, 5.74) is 8.46. The van der Waals surface area contributed by atoms with Crippen molar-refractivity contribution in [3.63, 3.8) is 0 Å². The third-order valence-corrected chi connectivity index (χ3v) is 3.36. The Labute approximate surface area is 148 Å². The second-order valence-corrected chi connectivity index (χ2v) is 5.57. The summed E-state index contributed by atoms with van der Waals surface area (Å²) in [7, 11) is 1.50. The molecule has 1 aromatic carbocycles. The molecular formula is C14H18BrN3O4S. The highest BCUT2D eigenvalue weighted by Crippen LogP contribution is 2.33. The molecule has 0 saturated heterocycles. The summed E-state index contributed by atoms with van der Waals surface area (Å²) in [5, 5.41) is 3.94. The molecule has 7 nitrogen and oxygen atoms in total. The van der Waals surface area contributed by atoms with Gasteiger partial charge in [0, 0.05) is 10.0 Å². The summed E-state index contributed by atoms with van der Waals surface area (Å²) < 4.78 is 16.5. The van der Waals surface area contributed by atoms with Crippen molar-refractivity contribution in [1.82, 2.24) is 5.43 Å². The molecule has 0 spiro atoms. The molecule has 3 N–H and O–H groups in total. The van der Waals surface area contributed by atoms with Crippen molar-refractivity contribution in [2.75, 3.05) is 13.7 Å². The Kier molecular flexibility index (Phi) is 7.76. The minimum Gasteiger partial charge on any atom is -0.493 e. The Bertz CT molecular complexity index is 610. The number of ether oxygens (including phenoxy) is 3. The molecule has 0 aromatic heterocycles. The fraction of sp³-hybridized carbons (Fsp3) is 0.357. The Balaban J connectivity index is 2.97. The number of thiocarbonyl (C=S) groups is 1. The van der Waals surface area contributed by atoms with Gasteiger partial charge in [0.25, 0.3) is 0 Å². The SMILES string of the molecule is CCOC(=O)C(C)Oc1cc(Br)c(C=NNC(N)=S)cc1OC. The molecule has 0 radical (unpaired) electrons. The highest BCUT2D eigenvalue weighted by atomic mass is 79.9. The number of hydrogen-bond acceptors (Lipinski definition) is 6. The van der Waals surface area contributed by atoms with E-state index in [2.05, 4.69) is 38.7 Å². The molecular weight excluding hydrogens is 386 g/mol. The van der Waals surface area contributed by atoms with Gasteiger partial charge in [-0.15, -0.1) is 0 Å². The number of halogens is 1. The molecule has 0 bridgehead atoms. The van der Waals surface area contributed by atoms with Gasteiger partial charge in [-0.25, -0.2) is 4.79 Å². The molecule has 9 heteroatoms. The van der Waals surface area contributed by atoms with Gasteiger partial charge in [0.2, 0.25) is 0 Å². The van der Waals surface area contributed by atoms with Crippen molar-refractivity contribution in [2.24, 2.45) is 10.8 Å². The number of carbonyl (C=O) groups is 1. The normalized spacial score (nSPS) is 11.8.